The van der Waals surface area contributed by atoms with E-state index in [1.54, 1.807) is 65.5 Å². The molecule has 0 aliphatic carbocycles. The lowest BCUT2D eigenvalue weighted by Crippen LogP contribution is -2.50. The molecule has 0 atom stereocenters. The fourth-order valence-electron chi connectivity index (χ4n) is 2.88. The normalized spacial score (nSPS) is 13.8. The lowest BCUT2D eigenvalue weighted by molar-refractivity contribution is 0.0535. The van der Waals surface area contributed by atoms with Gasteiger partial charge in [-0.3, -0.25) is 14.6 Å². The van der Waals surface area contributed by atoms with Crippen LogP contribution in [0.1, 0.15) is 27.6 Å². The minimum absolute atomic E-state index is 0.0602. The molecule has 0 saturated carbocycles. The Morgan fingerprint density at radius 1 is 0.857 bits per heavy atom. The number of piperazine rings is 1. The molecule has 3 rings (SSSR count). The zero-order valence-electron chi connectivity index (χ0n) is 15.5. The number of aromatic nitrogens is 1. The van der Waals surface area contributed by atoms with E-state index in [1.807, 2.05) is 0 Å². The molecule has 0 unspecified atom stereocenters. The predicted molar refractivity (Wildman–Crippen MR) is 100 cm³/mol. The highest BCUT2D eigenvalue weighted by Crippen LogP contribution is 2.16. The van der Waals surface area contributed by atoms with Crippen LogP contribution < -0.4 is 4.74 Å². The monoisotopic (exact) mass is 383 g/mol. The summed E-state index contributed by atoms with van der Waals surface area (Å²) in [4.78, 5) is 43.8. The van der Waals surface area contributed by atoms with Gasteiger partial charge < -0.3 is 19.3 Å². The predicted octanol–water partition coefficient (Wildman–Crippen LogP) is 2.22. The first-order chi connectivity index (χ1) is 13.6. The quantitative estimate of drug-likeness (QED) is 0.594. The van der Waals surface area contributed by atoms with Crippen LogP contribution in [0.4, 0.5) is 4.79 Å². The van der Waals surface area contributed by atoms with Gasteiger partial charge in [-0.05, 0) is 43.3 Å². The van der Waals surface area contributed by atoms with Crippen molar-refractivity contribution in [3.05, 3.63) is 59.9 Å². The molecule has 2 amide bonds. The van der Waals surface area contributed by atoms with Gasteiger partial charge in [-0.15, -0.1) is 0 Å². The van der Waals surface area contributed by atoms with Crippen LogP contribution in [0.15, 0.2) is 48.8 Å². The topological polar surface area (TPSA) is 89.0 Å². The van der Waals surface area contributed by atoms with Gasteiger partial charge in [0.25, 0.3) is 11.8 Å². The third-order valence-electron chi connectivity index (χ3n) is 4.35. The van der Waals surface area contributed by atoms with Crippen LogP contribution in [-0.2, 0) is 4.74 Å². The molecule has 1 saturated heterocycles. The Morgan fingerprint density at radius 3 is 1.86 bits per heavy atom. The molecule has 1 aliphatic rings. The smallest absolute Gasteiger partial charge is 0.434 e. The fourth-order valence-corrected chi connectivity index (χ4v) is 2.88. The van der Waals surface area contributed by atoms with Gasteiger partial charge in [-0.25, -0.2) is 4.79 Å². The number of pyridine rings is 1. The van der Waals surface area contributed by atoms with E-state index in [0.717, 1.165) is 0 Å². The molecule has 0 radical (unpaired) electrons. The number of ether oxygens (including phenoxy) is 2. The van der Waals surface area contributed by atoms with Crippen molar-refractivity contribution in [3.63, 3.8) is 0 Å². The third-order valence-corrected chi connectivity index (χ3v) is 4.35. The van der Waals surface area contributed by atoms with E-state index in [1.165, 1.54) is 0 Å². The van der Waals surface area contributed by atoms with E-state index in [9.17, 15) is 14.4 Å². The summed E-state index contributed by atoms with van der Waals surface area (Å²) in [5.74, 6) is 0.122. The van der Waals surface area contributed by atoms with E-state index in [0.29, 0.717) is 43.1 Å². The zero-order valence-corrected chi connectivity index (χ0v) is 15.5. The van der Waals surface area contributed by atoms with Gasteiger partial charge >= 0.3 is 6.16 Å². The van der Waals surface area contributed by atoms with Crippen LogP contribution in [-0.4, -0.2) is 65.5 Å². The van der Waals surface area contributed by atoms with Gasteiger partial charge in [0.1, 0.15) is 5.75 Å². The van der Waals surface area contributed by atoms with Crippen molar-refractivity contribution in [2.24, 2.45) is 0 Å². The first-order valence-electron chi connectivity index (χ1n) is 9.01. The highest BCUT2D eigenvalue weighted by molar-refractivity contribution is 5.96. The maximum atomic E-state index is 12.7. The van der Waals surface area contributed by atoms with Gasteiger partial charge in [0.05, 0.1) is 6.61 Å². The lowest BCUT2D eigenvalue weighted by Gasteiger charge is -2.34. The van der Waals surface area contributed by atoms with E-state index in [2.05, 4.69) is 4.98 Å². The van der Waals surface area contributed by atoms with Crippen molar-refractivity contribution < 1.29 is 23.9 Å². The Balaban J connectivity index is 1.55. The number of carbonyl (C=O) groups is 3. The maximum absolute atomic E-state index is 12.7. The van der Waals surface area contributed by atoms with Crippen molar-refractivity contribution in [2.45, 2.75) is 6.92 Å². The largest absolute Gasteiger partial charge is 0.513 e. The van der Waals surface area contributed by atoms with Crippen molar-refractivity contribution in [3.8, 4) is 5.75 Å². The van der Waals surface area contributed by atoms with Gasteiger partial charge in [-0.1, -0.05) is 0 Å². The summed E-state index contributed by atoms with van der Waals surface area (Å²) in [6.07, 6.45) is 2.39. The molecule has 1 aromatic carbocycles. The van der Waals surface area contributed by atoms with Crippen LogP contribution in [0.25, 0.3) is 0 Å². The summed E-state index contributed by atoms with van der Waals surface area (Å²) in [5.41, 5.74) is 1.08. The summed E-state index contributed by atoms with van der Waals surface area (Å²) in [6.45, 7) is 3.76. The number of rotatable bonds is 4. The van der Waals surface area contributed by atoms with Crippen molar-refractivity contribution in [1.29, 1.82) is 0 Å². The summed E-state index contributed by atoms with van der Waals surface area (Å²) < 4.78 is 9.69. The van der Waals surface area contributed by atoms with E-state index >= 15 is 0 Å². The molecular formula is C20H21N3O5. The van der Waals surface area contributed by atoms with Crippen molar-refractivity contribution >= 4 is 18.0 Å². The van der Waals surface area contributed by atoms with E-state index in [4.69, 9.17) is 9.47 Å². The lowest BCUT2D eigenvalue weighted by atomic mass is 10.1. The summed E-state index contributed by atoms with van der Waals surface area (Å²) in [6, 6.07) is 9.66. The molecule has 0 spiro atoms. The molecule has 8 nitrogen and oxygen atoms in total. The molecule has 0 N–H and O–H groups in total. The Kier molecular flexibility index (Phi) is 6.21. The van der Waals surface area contributed by atoms with Crippen LogP contribution in [0, 0.1) is 0 Å². The second kappa shape index (κ2) is 8.98. The van der Waals surface area contributed by atoms with Gasteiger partial charge in [0.15, 0.2) is 0 Å². The first-order valence-corrected chi connectivity index (χ1v) is 9.01. The molecule has 2 aromatic rings. The summed E-state index contributed by atoms with van der Waals surface area (Å²) in [7, 11) is 0. The first kappa shape index (κ1) is 19.3. The number of nitrogens with zero attached hydrogens (tertiary/aromatic N) is 3. The SMILES string of the molecule is CCOC(=O)Oc1ccc(C(=O)N2CCN(C(=O)c3ccncc3)CC2)cc1. The minimum atomic E-state index is -0.781. The zero-order chi connectivity index (χ0) is 19.9. The van der Waals surface area contributed by atoms with Crippen LogP contribution >= 0.6 is 0 Å². The van der Waals surface area contributed by atoms with Crippen molar-refractivity contribution in [2.75, 3.05) is 32.8 Å². The molecule has 28 heavy (non-hydrogen) atoms. The molecule has 1 aliphatic heterocycles. The minimum Gasteiger partial charge on any atom is -0.434 e. The molecule has 1 aromatic heterocycles. The van der Waals surface area contributed by atoms with Gasteiger partial charge in [0, 0.05) is 49.7 Å². The average Bonchev–Trinajstić information content (AvgIpc) is 2.74. The summed E-state index contributed by atoms with van der Waals surface area (Å²) >= 11 is 0. The standard InChI is InChI=1S/C20H21N3O5/c1-2-27-20(26)28-17-5-3-15(4-6-17)18(24)22-11-13-23(14-12-22)19(25)16-7-9-21-10-8-16/h3-10H,2,11-14H2,1H3. The second-order valence-electron chi connectivity index (χ2n) is 6.13. The third kappa shape index (κ3) is 4.64. The van der Waals surface area contributed by atoms with Gasteiger partial charge in [0.2, 0.25) is 0 Å². The highest BCUT2D eigenvalue weighted by atomic mass is 16.7. The van der Waals surface area contributed by atoms with Gasteiger partial charge in [-0.2, -0.15) is 0 Å². The number of benzene rings is 1. The van der Waals surface area contributed by atoms with Crippen molar-refractivity contribution in [1.82, 2.24) is 14.8 Å². The van der Waals surface area contributed by atoms with Crippen LogP contribution in [0.3, 0.4) is 0 Å². The molecular weight excluding hydrogens is 362 g/mol. The fraction of sp³-hybridized carbons (Fsp3) is 0.300. The maximum Gasteiger partial charge on any atom is 0.513 e. The second-order valence-corrected chi connectivity index (χ2v) is 6.13. The average molecular weight is 383 g/mol. The molecule has 2 heterocycles. The Labute approximate surface area is 162 Å². The molecule has 1 fully saturated rings. The Morgan fingerprint density at radius 2 is 1.36 bits per heavy atom. The number of amides is 2. The Bertz CT molecular complexity index is 831. The van der Waals surface area contributed by atoms with Crippen LogP contribution in [0.2, 0.25) is 0 Å². The van der Waals surface area contributed by atoms with Crippen LogP contribution in [0.5, 0.6) is 5.75 Å². The molecule has 0 bridgehead atoms. The molecule has 146 valence electrons. The Hall–Kier alpha value is -3.42. The number of hydrogen-bond donors (Lipinski definition) is 0. The van der Waals surface area contributed by atoms with E-state index in [-0.39, 0.29) is 18.4 Å². The molecule has 8 heteroatoms. The van der Waals surface area contributed by atoms with E-state index < -0.39 is 6.16 Å². The highest BCUT2D eigenvalue weighted by Gasteiger charge is 2.25. The number of carbonyl (C=O) groups excluding carboxylic acids is 3. The summed E-state index contributed by atoms with van der Waals surface area (Å²) in [5, 5.41) is 0. The number of hydrogen-bond acceptors (Lipinski definition) is 6.